The number of fused-ring (bicyclic) bond motifs is 1. The van der Waals surface area contributed by atoms with Gasteiger partial charge in [-0.1, -0.05) is 29.4 Å². The zero-order valence-electron chi connectivity index (χ0n) is 14.0. The maximum Gasteiger partial charge on any atom is 0.231 e. The molecule has 5 rings (SSSR count). The molecule has 0 spiro atoms. The van der Waals surface area contributed by atoms with Crippen LogP contribution < -0.4 is 4.90 Å². The van der Waals surface area contributed by atoms with Crippen LogP contribution in [0.25, 0.3) is 22.3 Å². The van der Waals surface area contributed by atoms with Crippen LogP contribution in [0.4, 0.5) is 10.1 Å². The normalized spacial score (nSPS) is 17.3. The standard InChI is InChI=1S/C20H17FN4O/c21-16-3-1-2-4-18(16)25-10-8-15(12-25)20-23-19(24-26-20)14-6-5-13-7-9-22-17(13)11-14/h1-7,9,11,15,22H,8,10,12H2. The minimum atomic E-state index is -0.196. The molecule has 1 N–H and O–H groups in total. The van der Waals surface area contributed by atoms with Crippen molar-refractivity contribution >= 4 is 16.6 Å². The first-order valence-corrected chi connectivity index (χ1v) is 8.68. The third-order valence-corrected chi connectivity index (χ3v) is 4.99. The van der Waals surface area contributed by atoms with E-state index in [0.717, 1.165) is 29.4 Å². The molecule has 1 aliphatic rings. The van der Waals surface area contributed by atoms with Crippen LogP contribution in [-0.2, 0) is 0 Å². The molecule has 0 aliphatic carbocycles. The van der Waals surface area contributed by atoms with Gasteiger partial charge < -0.3 is 14.4 Å². The number of halogens is 1. The molecule has 1 aliphatic heterocycles. The Bertz CT molecular complexity index is 1070. The zero-order valence-corrected chi connectivity index (χ0v) is 14.0. The van der Waals surface area contributed by atoms with Crippen molar-refractivity contribution in [1.29, 1.82) is 0 Å². The van der Waals surface area contributed by atoms with Gasteiger partial charge in [-0.3, -0.25) is 0 Å². The Kier molecular flexibility index (Phi) is 3.48. The Morgan fingerprint density at radius 2 is 2.08 bits per heavy atom. The summed E-state index contributed by atoms with van der Waals surface area (Å²) in [4.78, 5) is 9.82. The average Bonchev–Trinajstić information content (AvgIpc) is 3.40. The molecule has 6 heteroatoms. The SMILES string of the molecule is Fc1ccccc1N1CCC(c2nc(-c3ccc4cc[nH]c4c3)no2)C1. The number of rotatable bonds is 3. The van der Waals surface area contributed by atoms with Gasteiger partial charge in [-0.2, -0.15) is 4.98 Å². The van der Waals surface area contributed by atoms with Gasteiger partial charge in [0.15, 0.2) is 0 Å². The molecule has 2 aromatic heterocycles. The molecule has 4 aromatic rings. The zero-order chi connectivity index (χ0) is 17.5. The molecule has 1 saturated heterocycles. The maximum atomic E-state index is 14.0. The minimum absolute atomic E-state index is 0.116. The Hall–Kier alpha value is -3.15. The molecule has 1 unspecified atom stereocenters. The average molecular weight is 348 g/mol. The van der Waals surface area contributed by atoms with E-state index < -0.39 is 0 Å². The van der Waals surface area contributed by atoms with Crippen LogP contribution in [0, 0.1) is 5.82 Å². The number of hydrogen-bond donors (Lipinski definition) is 1. The van der Waals surface area contributed by atoms with Gasteiger partial charge in [-0.25, -0.2) is 4.39 Å². The third-order valence-electron chi connectivity index (χ3n) is 4.99. The van der Waals surface area contributed by atoms with Gasteiger partial charge in [0.05, 0.1) is 11.6 Å². The van der Waals surface area contributed by atoms with Crippen LogP contribution in [0.15, 0.2) is 59.3 Å². The monoisotopic (exact) mass is 348 g/mol. The molecule has 5 nitrogen and oxygen atoms in total. The highest BCUT2D eigenvalue weighted by Crippen LogP contribution is 2.32. The highest BCUT2D eigenvalue weighted by molar-refractivity contribution is 5.83. The number of hydrogen-bond acceptors (Lipinski definition) is 4. The number of anilines is 1. The van der Waals surface area contributed by atoms with Crippen molar-refractivity contribution in [2.45, 2.75) is 12.3 Å². The largest absolute Gasteiger partial charge is 0.368 e. The van der Waals surface area contributed by atoms with Crippen LogP contribution in [0.5, 0.6) is 0 Å². The van der Waals surface area contributed by atoms with Gasteiger partial charge in [0.1, 0.15) is 5.82 Å². The smallest absolute Gasteiger partial charge is 0.231 e. The predicted octanol–water partition coefficient (Wildman–Crippen LogP) is 4.35. The molecule has 130 valence electrons. The summed E-state index contributed by atoms with van der Waals surface area (Å²) in [5.74, 6) is 1.12. The Balaban J connectivity index is 1.38. The molecule has 0 saturated carbocycles. The summed E-state index contributed by atoms with van der Waals surface area (Å²) in [7, 11) is 0. The maximum absolute atomic E-state index is 14.0. The van der Waals surface area contributed by atoms with E-state index in [-0.39, 0.29) is 11.7 Å². The van der Waals surface area contributed by atoms with Crippen molar-refractivity contribution in [3.63, 3.8) is 0 Å². The molecule has 26 heavy (non-hydrogen) atoms. The Morgan fingerprint density at radius 1 is 1.15 bits per heavy atom. The van der Waals surface area contributed by atoms with Crippen molar-refractivity contribution in [3.8, 4) is 11.4 Å². The number of aromatic amines is 1. The number of para-hydroxylation sites is 1. The second-order valence-electron chi connectivity index (χ2n) is 6.62. The second kappa shape index (κ2) is 5.98. The fourth-order valence-electron chi connectivity index (χ4n) is 3.59. The molecular weight excluding hydrogens is 331 g/mol. The van der Waals surface area contributed by atoms with Crippen LogP contribution in [0.3, 0.4) is 0 Å². The number of nitrogens with zero attached hydrogens (tertiary/aromatic N) is 3. The van der Waals surface area contributed by atoms with Crippen LogP contribution in [0.2, 0.25) is 0 Å². The second-order valence-corrected chi connectivity index (χ2v) is 6.62. The topological polar surface area (TPSA) is 58.0 Å². The number of aromatic nitrogens is 3. The van der Waals surface area contributed by atoms with E-state index >= 15 is 0 Å². The molecule has 1 fully saturated rings. The van der Waals surface area contributed by atoms with E-state index in [9.17, 15) is 4.39 Å². The summed E-state index contributed by atoms with van der Waals surface area (Å²) < 4.78 is 19.5. The van der Waals surface area contributed by atoms with Crippen molar-refractivity contribution in [2.24, 2.45) is 0 Å². The highest BCUT2D eigenvalue weighted by Gasteiger charge is 2.29. The lowest BCUT2D eigenvalue weighted by atomic mass is 10.1. The van der Waals surface area contributed by atoms with Gasteiger partial charge in [0.2, 0.25) is 11.7 Å². The van der Waals surface area contributed by atoms with Gasteiger partial charge in [0.25, 0.3) is 0 Å². The van der Waals surface area contributed by atoms with Crippen molar-refractivity contribution < 1.29 is 8.91 Å². The van der Waals surface area contributed by atoms with E-state index in [1.807, 2.05) is 47.5 Å². The molecule has 0 radical (unpaired) electrons. The summed E-state index contributed by atoms with van der Waals surface area (Å²) in [6.07, 6.45) is 2.78. The fourth-order valence-corrected chi connectivity index (χ4v) is 3.59. The highest BCUT2D eigenvalue weighted by atomic mass is 19.1. The van der Waals surface area contributed by atoms with Gasteiger partial charge in [0, 0.05) is 30.4 Å². The van der Waals surface area contributed by atoms with Crippen LogP contribution >= 0.6 is 0 Å². The minimum Gasteiger partial charge on any atom is -0.368 e. The van der Waals surface area contributed by atoms with E-state index in [1.165, 1.54) is 6.07 Å². The molecule has 3 heterocycles. The van der Waals surface area contributed by atoms with E-state index in [1.54, 1.807) is 6.07 Å². The first kappa shape index (κ1) is 15.1. The van der Waals surface area contributed by atoms with Crippen LogP contribution in [0.1, 0.15) is 18.2 Å². The fraction of sp³-hybridized carbons (Fsp3) is 0.200. The summed E-state index contributed by atoms with van der Waals surface area (Å²) >= 11 is 0. The Labute approximate surface area is 149 Å². The van der Waals surface area contributed by atoms with Crippen molar-refractivity contribution in [1.82, 2.24) is 15.1 Å². The molecular formula is C20H17FN4O. The lowest BCUT2D eigenvalue weighted by Crippen LogP contribution is -2.20. The lowest BCUT2D eigenvalue weighted by Gasteiger charge is -2.18. The summed E-state index contributed by atoms with van der Waals surface area (Å²) in [5.41, 5.74) is 2.59. The summed E-state index contributed by atoms with van der Waals surface area (Å²) in [6, 6.07) is 14.9. The van der Waals surface area contributed by atoms with Crippen molar-refractivity contribution in [3.05, 3.63) is 66.4 Å². The number of H-pyrrole nitrogens is 1. The van der Waals surface area contributed by atoms with Crippen LogP contribution in [-0.4, -0.2) is 28.2 Å². The lowest BCUT2D eigenvalue weighted by molar-refractivity contribution is 0.360. The van der Waals surface area contributed by atoms with Crippen molar-refractivity contribution in [2.75, 3.05) is 18.0 Å². The van der Waals surface area contributed by atoms with Gasteiger partial charge in [-0.05, 0) is 36.1 Å². The molecule has 1 atom stereocenters. The number of nitrogens with one attached hydrogen (secondary N) is 1. The van der Waals surface area contributed by atoms with E-state index in [4.69, 9.17) is 4.52 Å². The summed E-state index contributed by atoms with van der Waals surface area (Å²) in [6.45, 7) is 1.45. The third kappa shape index (κ3) is 2.54. The number of benzene rings is 2. The predicted molar refractivity (Wildman–Crippen MR) is 97.6 cm³/mol. The first-order valence-electron chi connectivity index (χ1n) is 8.68. The first-order chi connectivity index (χ1) is 12.8. The molecule has 2 aromatic carbocycles. The molecule has 0 bridgehead atoms. The molecule has 0 amide bonds. The quantitative estimate of drug-likeness (QED) is 0.598. The van der Waals surface area contributed by atoms with E-state index in [2.05, 4.69) is 15.1 Å². The summed E-state index contributed by atoms with van der Waals surface area (Å²) in [5, 5.41) is 5.29. The Morgan fingerprint density at radius 3 is 3.00 bits per heavy atom. The van der Waals surface area contributed by atoms with E-state index in [0.29, 0.717) is 23.9 Å². The van der Waals surface area contributed by atoms with Gasteiger partial charge in [-0.15, -0.1) is 0 Å². The van der Waals surface area contributed by atoms with Gasteiger partial charge >= 0.3 is 0 Å².